The quantitative estimate of drug-likeness (QED) is 0.197. The highest BCUT2D eigenvalue weighted by Crippen LogP contribution is 2.44. The van der Waals surface area contributed by atoms with E-state index in [1.807, 2.05) is 66.7 Å². The Morgan fingerprint density at radius 1 is 0.833 bits per heavy atom. The first-order valence-corrected chi connectivity index (χ1v) is 11.8. The number of aliphatic hydroxyl groups is 1. The predicted molar refractivity (Wildman–Crippen MR) is 140 cm³/mol. The van der Waals surface area contributed by atoms with Crippen molar-refractivity contribution in [3.63, 3.8) is 0 Å². The molecular formula is C31H26FNO3. The number of hydrogen-bond acceptors (Lipinski definition) is 3. The van der Waals surface area contributed by atoms with Gasteiger partial charge in [-0.2, -0.15) is 0 Å². The van der Waals surface area contributed by atoms with E-state index in [4.69, 9.17) is 0 Å². The van der Waals surface area contributed by atoms with Crippen LogP contribution in [-0.2, 0) is 15.0 Å². The third-order valence-electron chi connectivity index (χ3n) is 6.68. The summed E-state index contributed by atoms with van der Waals surface area (Å²) in [6, 6.07) is 25.4. The van der Waals surface area contributed by atoms with Crippen molar-refractivity contribution in [1.29, 1.82) is 0 Å². The molecule has 1 aliphatic rings. The van der Waals surface area contributed by atoms with Crippen molar-refractivity contribution in [2.24, 2.45) is 0 Å². The van der Waals surface area contributed by atoms with Crippen LogP contribution >= 0.6 is 0 Å². The van der Waals surface area contributed by atoms with Crippen molar-refractivity contribution >= 4 is 33.9 Å². The summed E-state index contributed by atoms with van der Waals surface area (Å²) >= 11 is 0. The second-order valence-electron chi connectivity index (χ2n) is 10.0. The van der Waals surface area contributed by atoms with E-state index in [2.05, 4.69) is 20.8 Å². The summed E-state index contributed by atoms with van der Waals surface area (Å²) in [6.45, 7) is 6.33. The molecule has 1 atom stereocenters. The van der Waals surface area contributed by atoms with Gasteiger partial charge >= 0.3 is 0 Å². The lowest BCUT2D eigenvalue weighted by Crippen LogP contribution is -2.29. The Hall–Kier alpha value is -4.25. The molecule has 180 valence electrons. The van der Waals surface area contributed by atoms with Crippen molar-refractivity contribution in [2.75, 3.05) is 4.90 Å². The second-order valence-corrected chi connectivity index (χ2v) is 10.0. The van der Waals surface area contributed by atoms with Crippen LogP contribution in [0.25, 0.3) is 16.5 Å². The van der Waals surface area contributed by atoms with Crippen LogP contribution in [0.15, 0.2) is 96.6 Å². The number of ketones is 1. The van der Waals surface area contributed by atoms with Gasteiger partial charge in [-0.15, -0.1) is 0 Å². The van der Waals surface area contributed by atoms with E-state index >= 15 is 0 Å². The van der Waals surface area contributed by atoms with E-state index in [-0.39, 0.29) is 22.3 Å². The molecule has 1 fully saturated rings. The number of hydrogen-bond donors (Lipinski definition) is 1. The number of nitrogens with zero attached hydrogens (tertiary/aromatic N) is 1. The minimum atomic E-state index is -0.852. The van der Waals surface area contributed by atoms with Gasteiger partial charge in [0.15, 0.2) is 0 Å². The molecule has 1 heterocycles. The lowest BCUT2D eigenvalue weighted by Gasteiger charge is -2.27. The van der Waals surface area contributed by atoms with Crippen LogP contribution in [0, 0.1) is 5.82 Å². The molecule has 4 aromatic carbocycles. The maximum absolute atomic E-state index is 13.5. The summed E-state index contributed by atoms with van der Waals surface area (Å²) < 4.78 is 13.5. The number of anilines is 1. The maximum atomic E-state index is 13.5. The zero-order valence-electron chi connectivity index (χ0n) is 20.3. The zero-order valence-corrected chi connectivity index (χ0v) is 20.3. The molecule has 0 spiro atoms. The molecule has 0 saturated carbocycles. The summed E-state index contributed by atoms with van der Waals surface area (Å²) in [4.78, 5) is 28.4. The van der Waals surface area contributed by atoms with Crippen molar-refractivity contribution in [1.82, 2.24) is 0 Å². The number of carbonyl (C=O) groups is 2. The minimum absolute atomic E-state index is 0.0250. The molecule has 1 amide bonds. The third kappa shape index (κ3) is 3.97. The normalized spacial score (nSPS) is 17.7. The largest absolute Gasteiger partial charge is 0.507 e. The number of fused-ring (bicyclic) bond motifs is 1. The zero-order chi connectivity index (χ0) is 25.6. The van der Waals surface area contributed by atoms with Crippen LogP contribution in [0.5, 0.6) is 0 Å². The van der Waals surface area contributed by atoms with Gasteiger partial charge in [0.2, 0.25) is 0 Å². The number of Topliss-reactive ketones (excluding diaryl/α,β-unsaturated/α-hetero) is 1. The Balaban J connectivity index is 1.75. The van der Waals surface area contributed by atoms with Gasteiger partial charge in [0, 0.05) is 10.9 Å². The summed E-state index contributed by atoms with van der Waals surface area (Å²) in [5, 5.41) is 13.0. The first-order valence-electron chi connectivity index (χ1n) is 11.8. The molecule has 0 bridgehead atoms. The predicted octanol–water partition coefficient (Wildman–Crippen LogP) is 6.90. The highest BCUT2D eigenvalue weighted by Gasteiger charge is 2.47. The number of benzene rings is 4. The van der Waals surface area contributed by atoms with E-state index in [0.29, 0.717) is 11.3 Å². The average Bonchev–Trinajstić information content (AvgIpc) is 3.13. The molecule has 1 unspecified atom stereocenters. The fourth-order valence-corrected chi connectivity index (χ4v) is 4.74. The summed E-state index contributed by atoms with van der Waals surface area (Å²) in [5.41, 5.74) is 2.54. The van der Waals surface area contributed by atoms with E-state index in [1.165, 1.54) is 29.2 Å². The fourth-order valence-electron chi connectivity index (χ4n) is 4.74. The van der Waals surface area contributed by atoms with Gasteiger partial charge < -0.3 is 5.11 Å². The van der Waals surface area contributed by atoms with Crippen molar-refractivity contribution in [2.45, 2.75) is 32.2 Å². The van der Waals surface area contributed by atoms with E-state index < -0.39 is 23.5 Å². The number of rotatable bonds is 3. The number of aliphatic hydroxyl groups excluding tert-OH is 1. The highest BCUT2D eigenvalue weighted by molar-refractivity contribution is 6.52. The van der Waals surface area contributed by atoms with Crippen molar-refractivity contribution in [3.8, 4) is 0 Å². The van der Waals surface area contributed by atoms with Crippen LogP contribution in [0.1, 0.15) is 43.5 Å². The average molecular weight is 480 g/mol. The molecule has 1 N–H and O–H groups in total. The van der Waals surface area contributed by atoms with Crippen molar-refractivity contribution in [3.05, 3.63) is 119 Å². The Bertz CT molecular complexity index is 1510. The number of halogens is 1. The van der Waals surface area contributed by atoms with Gasteiger partial charge in [-0.05, 0) is 52.3 Å². The fraction of sp³-hybridized carbons (Fsp3) is 0.161. The first-order chi connectivity index (χ1) is 17.2. The SMILES string of the molecule is CC(C)(C)c1ccc(C2/C(=C(\O)c3ccc(F)cc3)C(=O)C(=O)N2c2cccc3ccccc23)cc1. The minimum Gasteiger partial charge on any atom is -0.507 e. The Morgan fingerprint density at radius 3 is 2.14 bits per heavy atom. The molecule has 0 radical (unpaired) electrons. The van der Waals surface area contributed by atoms with E-state index in [0.717, 1.165) is 16.3 Å². The smallest absolute Gasteiger partial charge is 0.300 e. The van der Waals surface area contributed by atoms with Crippen LogP contribution in [0.3, 0.4) is 0 Å². The summed E-state index contributed by atoms with van der Waals surface area (Å²) in [6.07, 6.45) is 0. The highest BCUT2D eigenvalue weighted by atomic mass is 19.1. The Labute approximate surface area is 209 Å². The molecule has 4 nitrogen and oxygen atoms in total. The first kappa shape index (κ1) is 23.5. The Kier molecular flexibility index (Phi) is 5.71. The summed E-state index contributed by atoms with van der Waals surface area (Å²) in [7, 11) is 0. The number of carbonyl (C=O) groups excluding carboxylic acids is 2. The van der Waals surface area contributed by atoms with Crippen LogP contribution < -0.4 is 4.90 Å². The van der Waals surface area contributed by atoms with Crippen molar-refractivity contribution < 1.29 is 19.1 Å². The maximum Gasteiger partial charge on any atom is 0.300 e. The van der Waals surface area contributed by atoms with Gasteiger partial charge in [-0.3, -0.25) is 14.5 Å². The molecule has 5 heteroatoms. The van der Waals surface area contributed by atoms with Crippen LogP contribution in [0.4, 0.5) is 10.1 Å². The van der Waals surface area contributed by atoms with Gasteiger partial charge in [0.1, 0.15) is 11.6 Å². The molecular weight excluding hydrogens is 453 g/mol. The molecule has 0 aliphatic carbocycles. The van der Waals surface area contributed by atoms with Gasteiger partial charge in [-0.25, -0.2) is 4.39 Å². The topological polar surface area (TPSA) is 57.6 Å². The van der Waals surface area contributed by atoms with E-state index in [9.17, 15) is 19.1 Å². The molecule has 36 heavy (non-hydrogen) atoms. The lowest BCUT2D eigenvalue weighted by molar-refractivity contribution is -0.132. The third-order valence-corrected chi connectivity index (χ3v) is 6.68. The van der Waals surface area contributed by atoms with Crippen LogP contribution in [-0.4, -0.2) is 16.8 Å². The second kappa shape index (κ2) is 8.76. The van der Waals surface area contributed by atoms with Gasteiger partial charge in [-0.1, -0.05) is 81.4 Å². The molecule has 1 saturated heterocycles. The monoisotopic (exact) mass is 479 g/mol. The lowest BCUT2D eigenvalue weighted by atomic mass is 9.85. The summed E-state index contributed by atoms with van der Waals surface area (Å²) in [5.74, 6) is -2.30. The number of amides is 1. The molecule has 5 rings (SSSR count). The molecule has 0 aromatic heterocycles. The molecule has 4 aromatic rings. The molecule has 1 aliphatic heterocycles. The van der Waals surface area contributed by atoms with E-state index in [1.54, 1.807) is 0 Å². The standard InChI is InChI=1S/C31H26FNO3/c1-31(2,3)22-15-11-20(12-16-22)27-26(28(34)21-13-17-23(32)18-14-21)29(35)30(36)33(27)25-10-6-8-19-7-4-5-9-24(19)25/h4-18,27,34H,1-3H3/b28-26+. The Morgan fingerprint density at radius 2 is 1.47 bits per heavy atom. The van der Waals surface area contributed by atoms with Gasteiger partial charge in [0.05, 0.1) is 17.3 Å². The van der Waals surface area contributed by atoms with Gasteiger partial charge in [0.25, 0.3) is 11.7 Å². The van der Waals surface area contributed by atoms with Crippen LogP contribution in [0.2, 0.25) is 0 Å².